The average molecular weight is 281 g/mol. The Hall–Kier alpha value is -1.34. The summed E-state index contributed by atoms with van der Waals surface area (Å²) < 4.78 is 0. The van der Waals surface area contributed by atoms with Crippen molar-refractivity contribution in [1.29, 1.82) is 0 Å². The summed E-state index contributed by atoms with van der Waals surface area (Å²) >= 11 is 5.40. The second-order valence-corrected chi connectivity index (χ2v) is 4.51. The summed E-state index contributed by atoms with van der Waals surface area (Å²) in [6, 6.07) is -2.23. The SMILES string of the molecule is CC(C)C[C@H](NCl)C(=O)N[C@@H](CC(=O)O)C(=O)O. The van der Waals surface area contributed by atoms with Crippen LogP contribution in [0.25, 0.3) is 0 Å². The third-order valence-corrected chi connectivity index (χ3v) is 2.41. The van der Waals surface area contributed by atoms with Crippen molar-refractivity contribution in [3.8, 4) is 0 Å². The molecule has 0 saturated heterocycles. The van der Waals surface area contributed by atoms with Crippen molar-refractivity contribution in [2.24, 2.45) is 5.92 Å². The van der Waals surface area contributed by atoms with Gasteiger partial charge in [0.1, 0.15) is 12.1 Å². The smallest absolute Gasteiger partial charge is 0.326 e. The van der Waals surface area contributed by atoms with Gasteiger partial charge in [-0.05, 0) is 24.1 Å². The number of amides is 1. The van der Waals surface area contributed by atoms with Crippen molar-refractivity contribution in [2.45, 2.75) is 38.8 Å². The molecule has 0 aliphatic rings. The lowest BCUT2D eigenvalue weighted by molar-refractivity contribution is -0.147. The molecule has 0 saturated carbocycles. The summed E-state index contributed by atoms with van der Waals surface area (Å²) in [5.41, 5.74) is 0. The summed E-state index contributed by atoms with van der Waals surface area (Å²) in [5.74, 6) is -3.16. The third kappa shape index (κ3) is 6.41. The topological polar surface area (TPSA) is 116 Å². The second-order valence-electron chi connectivity index (χ2n) is 4.29. The molecule has 0 rings (SSSR count). The molecule has 0 spiro atoms. The van der Waals surface area contributed by atoms with Gasteiger partial charge in [0.05, 0.1) is 6.42 Å². The van der Waals surface area contributed by atoms with Crippen LogP contribution in [0.2, 0.25) is 0 Å². The molecule has 18 heavy (non-hydrogen) atoms. The van der Waals surface area contributed by atoms with E-state index in [0.29, 0.717) is 6.42 Å². The molecule has 0 aromatic carbocycles. The molecule has 0 radical (unpaired) electrons. The van der Waals surface area contributed by atoms with Crippen LogP contribution in [0, 0.1) is 5.92 Å². The van der Waals surface area contributed by atoms with E-state index < -0.39 is 36.4 Å². The van der Waals surface area contributed by atoms with Crippen LogP contribution >= 0.6 is 11.8 Å². The molecule has 7 nitrogen and oxygen atoms in total. The van der Waals surface area contributed by atoms with Gasteiger partial charge in [-0.1, -0.05) is 13.8 Å². The van der Waals surface area contributed by atoms with Gasteiger partial charge in [0.25, 0.3) is 0 Å². The lowest BCUT2D eigenvalue weighted by Crippen LogP contribution is -2.49. The first-order valence-electron chi connectivity index (χ1n) is 5.39. The first-order valence-corrected chi connectivity index (χ1v) is 5.76. The van der Waals surface area contributed by atoms with Crippen molar-refractivity contribution in [2.75, 3.05) is 0 Å². The van der Waals surface area contributed by atoms with E-state index in [9.17, 15) is 14.4 Å². The molecule has 1 amide bonds. The van der Waals surface area contributed by atoms with E-state index >= 15 is 0 Å². The highest BCUT2D eigenvalue weighted by Gasteiger charge is 2.27. The number of carboxylic acids is 2. The molecule has 0 heterocycles. The van der Waals surface area contributed by atoms with E-state index in [2.05, 4.69) is 10.2 Å². The van der Waals surface area contributed by atoms with Gasteiger partial charge in [0, 0.05) is 0 Å². The summed E-state index contributed by atoms with van der Waals surface area (Å²) in [7, 11) is 0. The highest BCUT2D eigenvalue weighted by molar-refractivity contribution is 6.15. The quantitative estimate of drug-likeness (QED) is 0.472. The van der Waals surface area contributed by atoms with Gasteiger partial charge in [0.2, 0.25) is 5.91 Å². The Labute approximate surface area is 110 Å². The Balaban J connectivity index is 4.56. The number of aliphatic carboxylic acids is 2. The van der Waals surface area contributed by atoms with E-state index in [-0.39, 0.29) is 5.92 Å². The number of halogens is 1. The number of hydrogen-bond acceptors (Lipinski definition) is 4. The van der Waals surface area contributed by atoms with Crippen LogP contribution in [0.15, 0.2) is 0 Å². The van der Waals surface area contributed by atoms with Crippen molar-refractivity contribution in [3.63, 3.8) is 0 Å². The van der Waals surface area contributed by atoms with E-state index in [1.807, 2.05) is 13.8 Å². The van der Waals surface area contributed by atoms with E-state index in [4.69, 9.17) is 22.0 Å². The molecule has 0 fully saturated rings. The van der Waals surface area contributed by atoms with Crippen LogP contribution in [0.4, 0.5) is 0 Å². The Morgan fingerprint density at radius 3 is 2.06 bits per heavy atom. The summed E-state index contributed by atoms with van der Waals surface area (Å²) in [5, 5.41) is 19.4. The number of carbonyl (C=O) groups excluding carboxylic acids is 1. The first-order chi connectivity index (χ1) is 8.27. The minimum absolute atomic E-state index is 0.176. The van der Waals surface area contributed by atoms with Crippen molar-refractivity contribution < 1.29 is 24.6 Å². The molecule has 4 N–H and O–H groups in total. The van der Waals surface area contributed by atoms with Crippen molar-refractivity contribution in [1.82, 2.24) is 10.2 Å². The molecule has 0 aromatic rings. The minimum atomic E-state index is -1.46. The van der Waals surface area contributed by atoms with Crippen LogP contribution < -0.4 is 10.2 Å². The zero-order valence-corrected chi connectivity index (χ0v) is 10.9. The molecular formula is C10H17ClN2O5. The maximum Gasteiger partial charge on any atom is 0.326 e. The molecule has 104 valence electrons. The molecule has 0 aliphatic heterocycles. The van der Waals surface area contributed by atoms with Crippen LogP contribution in [0.5, 0.6) is 0 Å². The normalized spacial score (nSPS) is 14.0. The van der Waals surface area contributed by atoms with E-state index in [1.54, 1.807) is 0 Å². The Kier molecular flexibility index (Phi) is 7.30. The van der Waals surface area contributed by atoms with Crippen LogP contribution in [-0.2, 0) is 14.4 Å². The fourth-order valence-electron chi connectivity index (χ4n) is 1.32. The predicted octanol–water partition coefficient (Wildman–Crippen LogP) is 0.189. The van der Waals surface area contributed by atoms with Gasteiger partial charge in [-0.2, -0.15) is 0 Å². The molecule has 0 bridgehead atoms. The van der Waals surface area contributed by atoms with Crippen LogP contribution in [-0.4, -0.2) is 40.1 Å². The molecular weight excluding hydrogens is 264 g/mol. The summed E-state index contributed by atoms with van der Waals surface area (Å²) in [4.78, 5) is 35.2. The van der Waals surface area contributed by atoms with Gasteiger partial charge in [-0.15, -0.1) is 0 Å². The lowest BCUT2D eigenvalue weighted by Gasteiger charge is -2.19. The molecule has 2 atom stereocenters. The fourth-order valence-corrected chi connectivity index (χ4v) is 1.51. The van der Waals surface area contributed by atoms with E-state index in [1.165, 1.54) is 0 Å². The highest BCUT2D eigenvalue weighted by Crippen LogP contribution is 2.06. The van der Waals surface area contributed by atoms with E-state index in [0.717, 1.165) is 0 Å². The number of nitrogens with one attached hydrogen (secondary N) is 2. The van der Waals surface area contributed by atoms with Gasteiger partial charge in [0.15, 0.2) is 0 Å². The van der Waals surface area contributed by atoms with Crippen LogP contribution in [0.1, 0.15) is 26.7 Å². The number of hydrogen-bond donors (Lipinski definition) is 4. The predicted molar refractivity (Wildman–Crippen MR) is 64.1 cm³/mol. The fraction of sp³-hybridized carbons (Fsp3) is 0.700. The molecule has 0 aromatic heterocycles. The highest BCUT2D eigenvalue weighted by atomic mass is 35.5. The Morgan fingerprint density at radius 2 is 1.72 bits per heavy atom. The van der Waals surface area contributed by atoms with Crippen molar-refractivity contribution in [3.05, 3.63) is 0 Å². The Bertz CT molecular complexity index is 321. The summed E-state index contributed by atoms with van der Waals surface area (Å²) in [6.07, 6.45) is -0.271. The maximum atomic E-state index is 11.7. The van der Waals surface area contributed by atoms with Gasteiger partial charge >= 0.3 is 11.9 Å². The van der Waals surface area contributed by atoms with Gasteiger partial charge < -0.3 is 15.5 Å². The molecule has 0 unspecified atom stereocenters. The zero-order valence-electron chi connectivity index (χ0n) is 10.1. The number of rotatable bonds is 8. The van der Waals surface area contributed by atoms with Crippen LogP contribution in [0.3, 0.4) is 0 Å². The Morgan fingerprint density at radius 1 is 1.17 bits per heavy atom. The number of carboxylic acid groups (broad SMARTS) is 2. The van der Waals surface area contributed by atoms with Gasteiger partial charge in [-0.25, -0.2) is 9.63 Å². The average Bonchev–Trinajstić information content (AvgIpc) is 2.23. The second kappa shape index (κ2) is 7.88. The first kappa shape index (κ1) is 16.7. The molecule has 8 heteroatoms. The summed E-state index contributed by atoms with van der Waals surface area (Å²) in [6.45, 7) is 3.75. The number of carbonyl (C=O) groups is 3. The monoisotopic (exact) mass is 280 g/mol. The zero-order chi connectivity index (χ0) is 14.3. The minimum Gasteiger partial charge on any atom is -0.481 e. The maximum absolute atomic E-state index is 11.7. The largest absolute Gasteiger partial charge is 0.481 e. The molecule has 0 aliphatic carbocycles. The third-order valence-electron chi connectivity index (χ3n) is 2.15. The van der Waals surface area contributed by atoms with Crippen molar-refractivity contribution >= 4 is 29.6 Å². The standard InChI is InChI=1S/C10H17ClN2O5/c1-5(2)3-6(13-11)9(16)12-7(10(17)18)4-8(14)15/h5-7,13H,3-4H2,1-2H3,(H,12,16)(H,14,15)(H,17,18)/t6-,7-/m0/s1. The lowest BCUT2D eigenvalue weighted by atomic mass is 10.0. The van der Waals surface area contributed by atoms with Gasteiger partial charge in [-0.3, -0.25) is 9.59 Å².